The molecule has 3 atom stereocenters. The fourth-order valence-corrected chi connectivity index (χ4v) is 4.67. The maximum Gasteiger partial charge on any atom is 0.227 e. The number of carbonyl (C=O) groups excluding carboxylic acids is 1. The molecule has 1 aromatic heterocycles. The summed E-state index contributed by atoms with van der Waals surface area (Å²) in [6.45, 7) is 7.36. The number of aromatic nitrogens is 2. The molecule has 1 aliphatic heterocycles. The van der Waals surface area contributed by atoms with Crippen LogP contribution in [0.4, 0.5) is 0 Å². The van der Waals surface area contributed by atoms with Crippen LogP contribution >= 0.6 is 0 Å². The number of piperidine rings is 1. The van der Waals surface area contributed by atoms with Crippen molar-refractivity contribution in [2.45, 2.75) is 65.3 Å². The van der Waals surface area contributed by atoms with Gasteiger partial charge in [-0.15, -0.1) is 0 Å². The van der Waals surface area contributed by atoms with Crippen LogP contribution in [0.1, 0.15) is 56.0 Å². The van der Waals surface area contributed by atoms with Crippen molar-refractivity contribution in [3.8, 4) is 0 Å². The second-order valence-corrected chi connectivity index (χ2v) is 7.34. The van der Waals surface area contributed by atoms with Crippen molar-refractivity contribution >= 4 is 5.91 Å². The lowest BCUT2D eigenvalue weighted by atomic mass is 9.73. The Morgan fingerprint density at radius 2 is 1.95 bits per heavy atom. The SMILES string of the molecule is Cc1nn(C)c(C)c1CC(=O)N1CCCC2CCCC(C)C21. The maximum absolute atomic E-state index is 13.0. The first kappa shape index (κ1) is 15.6. The molecule has 2 aliphatic rings. The second-order valence-electron chi connectivity index (χ2n) is 7.34. The molecule has 0 spiro atoms. The Labute approximate surface area is 133 Å². The van der Waals surface area contributed by atoms with Crippen molar-refractivity contribution in [3.63, 3.8) is 0 Å². The molecule has 0 radical (unpaired) electrons. The van der Waals surface area contributed by atoms with Gasteiger partial charge in [-0.05, 0) is 51.4 Å². The molecule has 3 rings (SSSR count). The summed E-state index contributed by atoms with van der Waals surface area (Å²) in [5, 5.41) is 4.45. The molecule has 1 saturated carbocycles. The van der Waals surface area contributed by atoms with E-state index in [1.807, 2.05) is 18.7 Å². The Bertz CT molecular complexity index is 561. The summed E-state index contributed by atoms with van der Waals surface area (Å²) < 4.78 is 1.89. The first-order valence-electron chi connectivity index (χ1n) is 8.77. The van der Waals surface area contributed by atoms with E-state index in [1.165, 1.54) is 32.1 Å². The lowest BCUT2D eigenvalue weighted by Crippen LogP contribution is -2.53. The minimum atomic E-state index is 0.308. The number of carbonyl (C=O) groups is 1. The van der Waals surface area contributed by atoms with Gasteiger partial charge in [0.25, 0.3) is 0 Å². The molecule has 2 fully saturated rings. The van der Waals surface area contributed by atoms with E-state index >= 15 is 0 Å². The van der Waals surface area contributed by atoms with Crippen molar-refractivity contribution in [2.75, 3.05) is 6.54 Å². The molecule has 1 saturated heterocycles. The van der Waals surface area contributed by atoms with Gasteiger partial charge in [-0.3, -0.25) is 9.48 Å². The lowest BCUT2D eigenvalue weighted by molar-refractivity contribution is -0.138. The van der Waals surface area contributed by atoms with Crippen molar-refractivity contribution < 1.29 is 4.79 Å². The molecule has 1 aliphatic carbocycles. The van der Waals surface area contributed by atoms with Gasteiger partial charge < -0.3 is 4.90 Å². The fraction of sp³-hybridized carbons (Fsp3) is 0.778. The van der Waals surface area contributed by atoms with Crippen LogP contribution in [0.15, 0.2) is 0 Å². The van der Waals surface area contributed by atoms with E-state index in [9.17, 15) is 4.79 Å². The number of hydrogen-bond donors (Lipinski definition) is 0. The molecular weight excluding hydrogens is 274 g/mol. The predicted octanol–water partition coefficient (Wildman–Crippen LogP) is 3.01. The van der Waals surface area contributed by atoms with Gasteiger partial charge in [0.2, 0.25) is 5.91 Å². The van der Waals surface area contributed by atoms with Crippen molar-refractivity contribution in [1.82, 2.24) is 14.7 Å². The van der Waals surface area contributed by atoms with Crippen LogP contribution in [0.2, 0.25) is 0 Å². The van der Waals surface area contributed by atoms with Gasteiger partial charge in [-0.25, -0.2) is 0 Å². The van der Waals surface area contributed by atoms with Crippen molar-refractivity contribution in [1.29, 1.82) is 0 Å². The highest BCUT2D eigenvalue weighted by atomic mass is 16.2. The molecule has 3 unspecified atom stereocenters. The van der Waals surface area contributed by atoms with Gasteiger partial charge in [-0.2, -0.15) is 5.10 Å². The number of aryl methyl sites for hydroxylation is 2. The average molecular weight is 303 g/mol. The standard InChI is InChI=1S/C18H29N3O/c1-12-7-5-8-15-9-6-10-21(18(12)15)17(22)11-16-13(2)19-20(4)14(16)3/h12,15,18H,5-11H2,1-4H3. The van der Waals surface area contributed by atoms with E-state index in [-0.39, 0.29) is 0 Å². The number of amides is 1. The highest BCUT2D eigenvalue weighted by Gasteiger charge is 2.39. The molecule has 2 heterocycles. The number of rotatable bonds is 2. The molecule has 0 aromatic carbocycles. The lowest BCUT2D eigenvalue weighted by Gasteiger charge is -2.47. The van der Waals surface area contributed by atoms with E-state index in [0.29, 0.717) is 24.3 Å². The fourth-order valence-electron chi connectivity index (χ4n) is 4.67. The first-order valence-corrected chi connectivity index (χ1v) is 8.77. The average Bonchev–Trinajstić information content (AvgIpc) is 2.73. The Morgan fingerprint density at radius 1 is 1.23 bits per heavy atom. The first-order chi connectivity index (χ1) is 10.5. The van der Waals surface area contributed by atoms with Gasteiger partial charge in [0.05, 0.1) is 12.1 Å². The smallest absolute Gasteiger partial charge is 0.227 e. The van der Waals surface area contributed by atoms with Gasteiger partial charge in [0, 0.05) is 30.9 Å². The second kappa shape index (κ2) is 6.05. The van der Waals surface area contributed by atoms with Gasteiger partial charge in [-0.1, -0.05) is 13.3 Å². The number of nitrogens with zero attached hydrogens (tertiary/aromatic N) is 3. The molecule has 0 bridgehead atoms. The predicted molar refractivity (Wildman–Crippen MR) is 87.6 cm³/mol. The largest absolute Gasteiger partial charge is 0.339 e. The third-order valence-electron chi connectivity index (χ3n) is 5.94. The van der Waals surface area contributed by atoms with Crippen molar-refractivity contribution in [2.24, 2.45) is 18.9 Å². The molecule has 4 nitrogen and oxygen atoms in total. The van der Waals surface area contributed by atoms with Crippen molar-refractivity contribution in [3.05, 3.63) is 17.0 Å². The highest BCUT2D eigenvalue weighted by Crippen LogP contribution is 2.38. The Morgan fingerprint density at radius 3 is 2.64 bits per heavy atom. The zero-order valence-electron chi connectivity index (χ0n) is 14.4. The van der Waals surface area contributed by atoms with Crippen LogP contribution in [0.3, 0.4) is 0 Å². The normalized spacial score (nSPS) is 28.5. The number of hydrogen-bond acceptors (Lipinski definition) is 2. The summed E-state index contributed by atoms with van der Waals surface area (Å²) in [7, 11) is 1.95. The van der Waals surface area contributed by atoms with Crippen LogP contribution < -0.4 is 0 Å². The van der Waals surface area contributed by atoms with Gasteiger partial charge >= 0.3 is 0 Å². The summed E-state index contributed by atoms with van der Waals surface area (Å²) in [5.74, 6) is 1.69. The Balaban J connectivity index is 1.78. The van der Waals surface area contributed by atoms with E-state index in [0.717, 1.165) is 29.4 Å². The third-order valence-corrected chi connectivity index (χ3v) is 5.94. The molecule has 1 amide bonds. The van der Waals surface area contributed by atoms with E-state index in [4.69, 9.17) is 0 Å². The minimum Gasteiger partial charge on any atom is -0.339 e. The Hall–Kier alpha value is -1.32. The van der Waals surface area contributed by atoms with E-state index in [2.05, 4.69) is 23.8 Å². The third kappa shape index (κ3) is 2.68. The molecular formula is C18H29N3O. The summed E-state index contributed by atoms with van der Waals surface area (Å²) in [6.07, 6.45) is 6.92. The monoisotopic (exact) mass is 303 g/mol. The summed E-state index contributed by atoms with van der Waals surface area (Å²) in [5.41, 5.74) is 3.24. The molecule has 1 aromatic rings. The van der Waals surface area contributed by atoms with Crippen LogP contribution in [-0.4, -0.2) is 33.2 Å². The van der Waals surface area contributed by atoms with Crippen LogP contribution in [-0.2, 0) is 18.3 Å². The zero-order valence-corrected chi connectivity index (χ0v) is 14.4. The maximum atomic E-state index is 13.0. The summed E-state index contributed by atoms with van der Waals surface area (Å²) in [6, 6.07) is 0.479. The summed E-state index contributed by atoms with van der Waals surface area (Å²) in [4.78, 5) is 15.2. The van der Waals surface area contributed by atoms with Gasteiger partial charge in [0.1, 0.15) is 0 Å². The molecule has 22 heavy (non-hydrogen) atoms. The molecule has 0 N–H and O–H groups in total. The Kier molecular flexibility index (Phi) is 4.28. The quantitative estimate of drug-likeness (QED) is 0.842. The molecule has 4 heteroatoms. The number of likely N-dealkylation sites (tertiary alicyclic amines) is 1. The topological polar surface area (TPSA) is 38.1 Å². The summed E-state index contributed by atoms with van der Waals surface area (Å²) >= 11 is 0. The minimum absolute atomic E-state index is 0.308. The number of fused-ring (bicyclic) bond motifs is 1. The molecule has 122 valence electrons. The van der Waals surface area contributed by atoms with Crippen LogP contribution in [0.5, 0.6) is 0 Å². The van der Waals surface area contributed by atoms with Crippen LogP contribution in [0, 0.1) is 25.7 Å². The van der Waals surface area contributed by atoms with Crippen LogP contribution in [0.25, 0.3) is 0 Å². The highest BCUT2D eigenvalue weighted by molar-refractivity contribution is 5.79. The zero-order chi connectivity index (χ0) is 15.9. The van der Waals surface area contributed by atoms with Gasteiger partial charge in [0.15, 0.2) is 0 Å². The van der Waals surface area contributed by atoms with E-state index < -0.39 is 0 Å². The van der Waals surface area contributed by atoms with E-state index in [1.54, 1.807) is 0 Å².